The highest BCUT2D eigenvalue weighted by atomic mass is 32.1. The number of rotatable bonds is 8. The number of aliphatic hydroxyl groups is 1. The van der Waals surface area contributed by atoms with Gasteiger partial charge in [0.05, 0.1) is 25.1 Å². The van der Waals surface area contributed by atoms with Crippen molar-refractivity contribution in [1.82, 2.24) is 10.3 Å². The molecule has 1 aliphatic rings. The Morgan fingerprint density at radius 2 is 1.92 bits per heavy atom. The third-order valence-corrected chi connectivity index (χ3v) is 7.16. The zero-order valence-corrected chi connectivity index (χ0v) is 21.2. The quantitative estimate of drug-likeness (QED) is 0.316. The SMILES string of the molecule is COc1ccc(/C=N/NC(=O)c2scc(C)c2NC(=O)c2cccc(CN3CCC(O)CC3)c2)cc1. The van der Waals surface area contributed by atoms with Crippen molar-refractivity contribution in [2.24, 2.45) is 5.10 Å². The topological polar surface area (TPSA) is 103 Å². The van der Waals surface area contributed by atoms with Crippen LogP contribution in [0.5, 0.6) is 5.75 Å². The first-order chi connectivity index (χ1) is 17.4. The number of anilines is 1. The van der Waals surface area contributed by atoms with Crippen LogP contribution in [0.4, 0.5) is 5.69 Å². The maximum Gasteiger partial charge on any atom is 0.283 e. The number of carbonyl (C=O) groups is 2. The number of nitrogens with one attached hydrogen (secondary N) is 2. The van der Waals surface area contributed by atoms with Crippen LogP contribution in [0.2, 0.25) is 0 Å². The molecule has 3 N–H and O–H groups in total. The number of amides is 2. The molecule has 2 heterocycles. The zero-order chi connectivity index (χ0) is 25.5. The van der Waals surface area contributed by atoms with Crippen molar-refractivity contribution in [3.8, 4) is 5.75 Å². The minimum atomic E-state index is -0.394. The molecule has 36 heavy (non-hydrogen) atoms. The summed E-state index contributed by atoms with van der Waals surface area (Å²) in [5, 5.41) is 18.5. The molecule has 1 aromatic heterocycles. The predicted octanol–water partition coefficient (Wildman–Crippen LogP) is 4.04. The molecule has 0 radical (unpaired) electrons. The number of hydrazone groups is 1. The van der Waals surface area contributed by atoms with Crippen molar-refractivity contribution in [1.29, 1.82) is 0 Å². The van der Waals surface area contributed by atoms with Gasteiger partial charge in [-0.1, -0.05) is 12.1 Å². The fourth-order valence-electron chi connectivity index (χ4n) is 4.01. The van der Waals surface area contributed by atoms with Crippen LogP contribution in [-0.4, -0.2) is 54.3 Å². The van der Waals surface area contributed by atoms with Crippen LogP contribution in [0.25, 0.3) is 0 Å². The van der Waals surface area contributed by atoms with E-state index in [2.05, 4.69) is 20.7 Å². The van der Waals surface area contributed by atoms with Gasteiger partial charge in [0.25, 0.3) is 11.8 Å². The number of benzene rings is 2. The van der Waals surface area contributed by atoms with Crippen molar-refractivity contribution in [2.75, 3.05) is 25.5 Å². The number of nitrogens with zero attached hydrogens (tertiary/aromatic N) is 2. The molecule has 0 atom stereocenters. The second-order valence-electron chi connectivity index (χ2n) is 8.76. The van der Waals surface area contributed by atoms with Crippen LogP contribution in [0.3, 0.4) is 0 Å². The molecule has 1 saturated heterocycles. The number of hydrogen-bond donors (Lipinski definition) is 3. The summed E-state index contributed by atoms with van der Waals surface area (Å²) in [5.41, 5.74) is 6.20. The molecule has 0 unspecified atom stereocenters. The van der Waals surface area contributed by atoms with Gasteiger partial charge in [0, 0.05) is 25.2 Å². The molecule has 2 aromatic carbocycles. The number of thiophene rings is 1. The zero-order valence-electron chi connectivity index (χ0n) is 20.4. The first-order valence-corrected chi connectivity index (χ1v) is 12.7. The van der Waals surface area contributed by atoms with Crippen LogP contribution in [0.15, 0.2) is 59.0 Å². The van der Waals surface area contributed by atoms with Gasteiger partial charge in [-0.3, -0.25) is 14.5 Å². The van der Waals surface area contributed by atoms with Crippen molar-refractivity contribution >= 4 is 35.1 Å². The minimum absolute atomic E-state index is 0.216. The Labute approximate surface area is 214 Å². The van der Waals surface area contributed by atoms with Crippen LogP contribution in [-0.2, 0) is 6.54 Å². The Morgan fingerprint density at radius 1 is 1.17 bits per heavy atom. The highest BCUT2D eigenvalue weighted by Gasteiger charge is 2.20. The van der Waals surface area contributed by atoms with Crippen LogP contribution < -0.4 is 15.5 Å². The molecule has 1 fully saturated rings. The Morgan fingerprint density at radius 3 is 2.64 bits per heavy atom. The number of likely N-dealkylation sites (tertiary alicyclic amines) is 1. The summed E-state index contributed by atoms with van der Waals surface area (Å²) in [5.74, 6) is 0.0694. The summed E-state index contributed by atoms with van der Waals surface area (Å²) in [6.07, 6.45) is 2.87. The Kier molecular flexibility index (Phi) is 8.48. The summed E-state index contributed by atoms with van der Waals surface area (Å²) in [4.78, 5) is 28.5. The van der Waals surface area contributed by atoms with E-state index in [0.717, 1.165) is 54.9 Å². The lowest BCUT2D eigenvalue weighted by Gasteiger charge is -2.29. The second-order valence-corrected chi connectivity index (χ2v) is 9.64. The van der Waals surface area contributed by atoms with E-state index >= 15 is 0 Å². The molecule has 4 rings (SSSR count). The van der Waals surface area contributed by atoms with Crippen LogP contribution >= 0.6 is 11.3 Å². The van der Waals surface area contributed by atoms with E-state index in [-0.39, 0.29) is 12.0 Å². The average Bonchev–Trinajstić information content (AvgIpc) is 3.25. The van der Waals surface area contributed by atoms with Gasteiger partial charge in [0.15, 0.2) is 0 Å². The van der Waals surface area contributed by atoms with Gasteiger partial charge < -0.3 is 15.2 Å². The molecule has 0 saturated carbocycles. The van der Waals surface area contributed by atoms with E-state index in [1.54, 1.807) is 19.4 Å². The number of piperidine rings is 1. The molecule has 8 nitrogen and oxygen atoms in total. The fraction of sp³-hybridized carbons (Fsp3) is 0.296. The maximum atomic E-state index is 13.1. The molecule has 3 aromatic rings. The standard InChI is InChI=1S/C27H30N4O4S/c1-18-17-36-25(27(34)30-28-15-19-6-8-23(35-2)9-7-19)24(18)29-26(33)21-5-3-4-20(14-21)16-31-12-10-22(32)11-13-31/h3-9,14-15,17,22,32H,10-13,16H2,1-2H3,(H,29,33)(H,30,34)/b28-15+. The Bertz CT molecular complexity index is 1230. The van der Waals surface area contributed by atoms with E-state index in [9.17, 15) is 14.7 Å². The smallest absolute Gasteiger partial charge is 0.283 e. The van der Waals surface area contributed by atoms with Crippen molar-refractivity contribution in [3.05, 3.63) is 81.0 Å². The summed E-state index contributed by atoms with van der Waals surface area (Å²) >= 11 is 1.25. The molecule has 1 aliphatic heterocycles. The van der Waals surface area contributed by atoms with Gasteiger partial charge in [-0.2, -0.15) is 5.10 Å². The first kappa shape index (κ1) is 25.6. The van der Waals surface area contributed by atoms with E-state index in [1.165, 1.54) is 11.3 Å². The highest BCUT2D eigenvalue weighted by Crippen LogP contribution is 2.28. The monoisotopic (exact) mass is 506 g/mol. The average molecular weight is 507 g/mol. The summed E-state index contributed by atoms with van der Waals surface area (Å²) in [6.45, 7) is 4.26. The number of aryl methyl sites for hydroxylation is 1. The number of aliphatic hydroxyl groups excluding tert-OH is 1. The highest BCUT2D eigenvalue weighted by molar-refractivity contribution is 7.13. The predicted molar refractivity (Wildman–Crippen MR) is 142 cm³/mol. The lowest BCUT2D eigenvalue weighted by atomic mass is 10.1. The van der Waals surface area contributed by atoms with Gasteiger partial charge in [0.1, 0.15) is 10.6 Å². The minimum Gasteiger partial charge on any atom is -0.497 e. The van der Waals surface area contributed by atoms with Crippen LogP contribution in [0, 0.1) is 6.92 Å². The number of carbonyl (C=O) groups excluding carboxylic acids is 2. The van der Waals surface area contributed by atoms with Gasteiger partial charge >= 0.3 is 0 Å². The van der Waals surface area contributed by atoms with Crippen molar-refractivity contribution in [3.63, 3.8) is 0 Å². The molecule has 9 heteroatoms. The normalized spacial score (nSPS) is 14.6. The van der Waals surface area contributed by atoms with Gasteiger partial charge in [-0.25, -0.2) is 5.43 Å². The second kappa shape index (κ2) is 11.9. The van der Waals surface area contributed by atoms with Crippen LogP contribution in [0.1, 0.15) is 49.6 Å². The summed E-state index contributed by atoms with van der Waals surface area (Å²) in [6, 6.07) is 14.8. The molecule has 0 aliphatic carbocycles. The Hall–Kier alpha value is -3.53. The summed E-state index contributed by atoms with van der Waals surface area (Å²) < 4.78 is 5.14. The van der Waals surface area contributed by atoms with Crippen molar-refractivity contribution < 1.29 is 19.4 Å². The lowest BCUT2D eigenvalue weighted by molar-refractivity contribution is 0.0792. The third kappa shape index (κ3) is 6.57. The number of hydrogen-bond acceptors (Lipinski definition) is 7. The van der Waals surface area contributed by atoms with Crippen molar-refractivity contribution in [2.45, 2.75) is 32.4 Å². The first-order valence-electron chi connectivity index (χ1n) is 11.8. The fourth-order valence-corrected chi connectivity index (χ4v) is 4.90. The molecule has 2 amide bonds. The lowest BCUT2D eigenvalue weighted by Crippen LogP contribution is -2.35. The van der Waals surface area contributed by atoms with E-state index < -0.39 is 5.91 Å². The molecular formula is C27H30N4O4S. The molecular weight excluding hydrogens is 476 g/mol. The maximum absolute atomic E-state index is 13.1. The molecule has 0 spiro atoms. The van der Waals surface area contributed by atoms with Gasteiger partial charge in [-0.05, 0) is 78.2 Å². The third-order valence-electron chi connectivity index (χ3n) is 6.07. The van der Waals surface area contributed by atoms with E-state index in [1.807, 2.05) is 54.8 Å². The number of ether oxygens (including phenoxy) is 1. The Balaban J connectivity index is 1.39. The summed E-state index contributed by atoms with van der Waals surface area (Å²) in [7, 11) is 1.60. The number of methoxy groups -OCH3 is 1. The van der Waals surface area contributed by atoms with Gasteiger partial charge in [-0.15, -0.1) is 11.3 Å². The van der Waals surface area contributed by atoms with E-state index in [0.29, 0.717) is 16.1 Å². The van der Waals surface area contributed by atoms with E-state index in [4.69, 9.17) is 4.74 Å². The largest absolute Gasteiger partial charge is 0.497 e. The molecule has 0 bridgehead atoms. The molecule has 188 valence electrons. The van der Waals surface area contributed by atoms with Gasteiger partial charge in [0.2, 0.25) is 0 Å².